The third kappa shape index (κ3) is 5.90. The summed E-state index contributed by atoms with van der Waals surface area (Å²) in [5.41, 5.74) is 16.7. The Morgan fingerprint density at radius 1 is 0.842 bits per heavy atom. The molecule has 2 aliphatic carbocycles. The second-order valence-electron chi connectivity index (χ2n) is 9.83. The first kappa shape index (κ1) is 32.5. The van der Waals surface area contributed by atoms with Crippen molar-refractivity contribution in [2.75, 3.05) is 0 Å². The summed E-state index contributed by atoms with van der Waals surface area (Å²) in [7, 11) is 0.750. The maximum Gasteiger partial charge on any atom is 3.00 e. The Balaban J connectivity index is 0.000000809. The SMILES string of the molecule is CCC1=Cc2c(-c3cc(C)ccc3C)cccc2C1c1[c-]ccc2c1Cc1ccccc1-2.C[SiH]C.[Cl-].[Cl-].[Zr+3]. The predicted octanol–water partition coefficient (Wildman–Crippen LogP) is 2.81. The molecule has 0 saturated heterocycles. The molecule has 0 amide bonds. The normalized spacial score (nSPS) is 13.8. The van der Waals surface area contributed by atoms with Crippen LogP contribution in [0.3, 0.4) is 0 Å². The number of hydrogen-bond donors (Lipinski definition) is 0. The summed E-state index contributed by atoms with van der Waals surface area (Å²) in [5.74, 6) is 0.296. The molecule has 6 rings (SSSR count). The Labute approximate surface area is 263 Å². The van der Waals surface area contributed by atoms with Gasteiger partial charge >= 0.3 is 26.2 Å². The number of rotatable bonds is 3. The van der Waals surface area contributed by atoms with Gasteiger partial charge < -0.3 is 24.8 Å². The molecule has 0 bridgehead atoms. The van der Waals surface area contributed by atoms with E-state index in [0.717, 1.165) is 22.4 Å². The number of fused-ring (bicyclic) bond motifs is 4. The minimum absolute atomic E-state index is 0. The van der Waals surface area contributed by atoms with Crippen LogP contribution in [0.1, 0.15) is 58.2 Å². The van der Waals surface area contributed by atoms with Gasteiger partial charge in [-0.2, -0.15) is 18.2 Å². The molecule has 1 unspecified atom stereocenters. The van der Waals surface area contributed by atoms with Gasteiger partial charge in [0.25, 0.3) is 0 Å². The first-order valence-electron chi connectivity index (χ1n) is 12.8. The van der Waals surface area contributed by atoms with E-state index < -0.39 is 0 Å². The van der Waals surface area contributed by atoms with Gasteiger partial charge in [-0.1, -0.05) is 97.9 Å². The molecule has 0 fully saturated rings. The summed E-state index contributed by atoms with van der Waals surface area (Å²) in [5, 5.41) is 0. The molecule has 4 aromatic carbocycles. The van der Waals surface area contributed by atoms with E-state index in [-0.39, 0.29) is 51.0 Å². The molecule has 0 N–H and O–H groups in total. The van der Waals surface area contributed by atoms with E-state index in [1.807, 2.05) is 0 Å². The zero-order valence-electron chi connectivity index (χ0n) is 22.8. The Morgan fingerprint density at radius 3 is 2.29 bits per heavy atom. The van der Waals surface area contributed by atoms with Crippen molar-refractivity contribution in [1.82, 2.24) is 0 Å². The van der Waals surface area contributed by atoms with Crippen molar-refractivity contribution in [3.05, 3.63) is 123 Å². The Morgan fingerprint density at radius 2 is 1.55 bits per heavy atom. The van der Waals surface area contributed by atoms with Crippen LogP contribution in [-0.4, -0.2) is 9.52 Å². The van der Waals surface area contributed by atoms with Gasteiger partial charge in [-0.05, 0) is 65.6 Å². The van der Waals surface area contributed by atoms with Gasteiger partial charge in [-0.15, -0.1) is 16.7 Å². The van der Waals surface area contributed by atoms with Crippen LogP contribution in [0.25, 0.3) is 28.3 Å². The number of halogens is 2. The quantitative estimate of drug-likeness (QED) is 0.212. The van der Waals surface area contributed by atoms with E-state index >= 15 is 0 Å². The van der Waals surface area contributed by atoms with Crippen LogP contribution in [0, 0.1) is 19.9 Å². The molecule has 0 aromatic heterocycles. The zero-order valence-corrected chi connectivity index (χ0v) is 28.0. The molecule has 0 aliphatic heterocycles. The van der Waals surface area contributed by atoms with E-state index in [1.165, 1.54) is 66.8 Å². The van der Waals surface area contributed by atoms with Crippen LogP contribution >= 0.6 is 0 Å². The van der Waals surface area contributed by atoms with E-state index in [1.54, 1.807) is 0 Å². The van der Waals surface area contributed by atoms with E-state index in [0.29, 0.717) is 5.92 Å². The minimum atomic E-state index is 0. The number of hydrogen-bond acceptors (Lipinski definition) is 0. The van der Waals surface area contributed by atoms with Crippen LogP contribution in [0.2, 0.25) is 13.1 Å². The van der Waals surface area contributed by atoms with Crippen LogP contribution in [-0.2, 0) is 32.6 Å². The maximum absolute atomic E-state index is 3.69. The molecule has 38 heavy (non-hydrogen) atoms. The van der Waals surface area contributed by atoms with Crippen LogP contribution in [0.15, 0.2) is 78.4 Å². The third-order valence-corrected chi connectivity index (χ3v) is 7.35. The fraction of sp³-hybridized carbons (Fsp3) is 0.235. The Bertz CT molecular complexity index is 1440. The van der Waals surface area contributed by atoms with Crippen molar-refractivity contribution in [2.45, 2.75) is 52.6 Å². The van der Waals surface area contributed by atoms with Gasteiger partial charge in [0.1, 0.15) is 0 Å². The van der Waals surface area contributed by atoms with Gasteiger partial charge in [-0.25, -0.2) is 0 Å². The first-order valence-corrected chi connectivity index (χ1v) is 15.1. The van der Waals surface area contributed by atoms with Crippen molar-refractivity contribution in [1.29, 1.82) is 0 Å². The summed E-state index contributed by atoms with van der Waals surface area (Å²) in [6.07, 6.45) is 4.53. The van der Waals surface area contributed by atoms with Gasteiger partial charge in [0.2, 0.25) is 0 Å². The van der Waals surface area contributed by atoms with Gasteiger partial charge in [-0.3, -0.25) is 0 Å². The van der Waals surface area contributed by atoms with Crippen molar-refractivity contribution < 1.29 is 51.0 Å². The van der Waals surface area contributed by atoms with E-state index in [4.69, 9.17) is 0 Å². The van der Waals surface area contributed by atoms with Crippen LogP contribution < -0.4 is 24.8 Å². The predicted molar refractivity (Wildman–Crippen MR) is 154 cm³/mol. The number of allylic oxidation sites excluding steroid dienone is 1. The maximum atomic E-state index is 3.69. The van der Waals surface area contributed by atoms with E-state index in [2.05, 4.69) is 119 Å². The largest absolute Gasteiger partial charge is 3.00 e. The Kier molecular flexibility index (Phi) is 12.1. The summed E-state index contributed by atoms with van der Waals surface area (Å²) < 4.78 is 0. The van der Waals surface area contributed by atoms with E-state index in [9.17, 15) is 0 Å². The molecule has 192 valence electrons. The summed E-state index contributed by atoms with van der Waals surface area (Å²) >= 11 is 0. The average Bonchev–Trinajstić information content (AvgIpc) is 3.44. The number of aryl methyl sites for hydroxylation is 2. The van der Waals surface area contributed by atoms with Gasteiger partial charge in [0.05, 0.1) is 0 Å². The second kappa shape index (κ2) is 14.1. The summed E-state index contributed by atoms with van der Waals surface area (Å²) in [4.78, 5) is 0. The van der Waals surface area contributed by atoms with Gasteiger partial charge in [0, 0.05) is 15.4 Å². The third-order valence-electron chi connectivity index (χ3n) is 7.35. The van der Waals surface area contributed by atoms with Crippen molar-refractivity contribution in [3.63, 3.8) is 0 Å². The Hall–Kier alpha value is -1.70. The fourth-order valence-corrected chi connectivity index (χ4v) is 5.75. The number of benzene rings is 4. The molecule has 4 aromatic rings. The molecule has 2 radical (unpaired) electrons. The first-order chi connectivity index (χ1) is 17.1. The molecule has 4 heteroatoms. The topological polar surface area (TPSA) is 0 Å². The van der Waals surface area contributed by atoms with Crippen molar-refractivity contribution in [3.8, 4) is 22.3 Å². The summed E-state index contributed by atoms with van der Waals surface area (Å²) in [6.45, 7) is 11.1. The second-order valence-corrected chi connectivity index (χ2v) is 11.0. The molecular formula is C34H34Cl2SiZr. The van der Waals surface area contributed by atoms with Crippen LogP contribution in [0.5, 0.6) is 0 Å². The fourth-order valence-electron chi connectivity index (χ4n) is 5.75. The molecular weight excluding hydrogens is 599 g/mol. The summed E-state index contributed by atoms with van der Waals surface area (Å²) in [6, 6.07) is 30.6. The molecule has 0 heterocycles. The molecule has 0 spiro atoms. The standard InChI is InChI=1S/C32H27.C2H7Si.2ClH.Zr/c1-4-22-18-30-26(29-17-20(2)15-16-21(29)3)12-8-14-27(30)32(22)28-13-7-11-25-24-10-6-5-9-23(24)19-31(25)28;1-3-2;;;/h5-12,14-18,32H,4,19H2,1-3H3;3H,1-2H3;2*1H;/q-1;;;;+3/p-2. The molecule has 0 saturated carbocycles. The van der Waals surface area contributed by atoms with Gasteiger partial charge in [0.15, 0.2) is 0 Å². The van der Waals surface area contributed by atoms with Crippen molar-refractivity contribution in [2.24, 2.45) is 0 Å². The molecule has 1 atom stereocenters. The molecule has 0 nitrogen and oxygen atoms in total. The minimum Gasteiger partial charge on any atom is -1.00 e. The molecule has 2 aliphatic rings. The van der Waals surface area contributed by atoms with Crippen molar-refractivity contribution >= 4 is 15.6 Å². The monoisotopic (exact) mass is 630 g/mol. The average molecular weight is 633 g/mol. The zero-order chi connectivity index (χ0) is 24.5. The smallest absolute Gasteiger partial charge is 1.00 e. The van der Waals surface area contributed by atoms with Crippen LogP contribution in [0.4, 0.5) is 0 Å².